The molecule has 0 atom stereocenters. The Morgan fingerprint density at radius 1 is 0.400 bits per heavy atom. The minimum absolute atomic E-state index is 0.0467. The van der Waals surface area contributed by atoms with E-state index in [1.807, 2.05) is 138 Å². The van der Waals surface area contributed by atoms with Gasteiger partial charge < -0.3 is 13.6 Å². The Morgan fingerprint density at radius 2 is 0.875 bits per heavy atom. The molecule has 0 bridgehead atoms. The molecule has 4 heterocycles. The van der Waals surface area contributed by atoms with Crippen molar-refractivity contribution in [2.45, 2.75) is 11.6 Å². The molecule has 0 amide bonds. The lowest BCUT2D eigenvalue weighted by Gasteiger charge is -2.31. The van der Waals surface area contributed by atoms with E-state index < -0.39 is 17.2 Å². The second-order valence-electron chi connectivity index (χ2n) is 20.8. The van der Waals surface area contributed by atoms with E-state index in [0.717, 1.165) is 82.8 Å². The number of hydrogen-bond acceptors (Lipinski definition) is 4. The zero-order valence-electron chi connectivity index (χ0n) is 42.4. The van der Waals surface area contributed by atoms with Gasteiger partial charge in [0.25, 0.3) is 0 Å². The van der Waals surface area contributed by atoms with Crippen LogP contribution < -0.4 is 0 Å². The monoisotopic (exact) mass is 1040 g/mol. The van der Waals surface area contributed by atoms with Crippen molar-refractivity contribution >= 4 is 65.6 Å². The summed E-state index contributed by atoms with van der Waals surface area (Å²) < 4.78 is 63.2. The highest BCUT2D eigenvalue weighted by atomic mass is 19.4. The van der Waals surface area contributed by atoms with Crippen molar-refractivity contribution in [1.29, 1.82) is 0 Å². The topological polar surface area (TPSA) is 61.7 Å². The van der Waals surface area contributed by atoms with Crippen LogP contribution in [0.25, 0.3) is 133 Å². The van der Waals surface area contributed by atoms with Crippen LogP contribution in [0.4, 0.5) is 13.2 Å². The lowest BCUT2D eigenvalue weighted by Crippen LogP contribution is -2.26. The molecule has 0 saturated carbocycles. The van der Waals surface area contributed by atoms with Gasteiger partial charge in [-0.25, -0.2) is 15.0 Å². The number of fused-ring (bicyclic) bond motifs is 22. The molecule has 0 aliphatic heterocycles. The predicted molar refractivity (Wildman–Crippen MR) is 313 cm³/mol. The summed E-state index contributed by atoms with van der Waals surface area (Å²) in [7, 11) is 0. The third-order valence-electron chi connectivity index (χ3n) is 16.8. The van der Waals surface area contributed by atoms with Crippen molar-refractivity contribution in [3.8, 4) is 67.8 Å². The highest BCUT2D eigenvalue weighted by Gasteiger charge is 2.54. The molecule has 2 aliphatic carbocycles. The van der Waals surface area contributed by atoms with Crippen molar-refractivity contribution < 1.29 is 17.6 Å². The van der Waals surface area contributed by atoms with Gasteiger partial charge in [0.05, 0.1) is 49.7 Å². The molecular weight excluding hydrogens is 996 g/mol. The van der Waals surface area contributed by atoms with Crippen LogP contribution in [-0.2, 0) is 11.6 Å². The summed E-state index contributed by atoms with van der Waals surface area (Å²) >= 11 is 0. The first-order valence-corrected chi connectivity index (χ1v) is 26.7. The summed E-state index contributed by atoms with van der Waals surface area (Å²) in [4.78, 5) is 15.0. The number of benzene rings is 11. The minimum atomic E-state index is -4.93. The van der Waals surface area contributed by atoms with Crippen LogP contribution in [0.3, 0.4) is 0 Å². The number of alkyl halides is 3. The molecule has 2 aliphatic rings. The largest absolute Gasteiger partial charge is 0.455 e. The second kappa shape index (κ2) is 16.3. The molecule has 6 nitrogen and oxygen atoms in total. The second-order valence-corrected chi connectivity index (χ2v) is 20.8. The third-order valence-corrected chi connectivity index (χ3v) is 16.8. The molecule has 0 fully saturated rings. The van der Waals surface area contributed by atoms with Crippen molar-refractivity contribution in [2.75, 3.05) is 0 Å². The van der Waals surface area contributed by atoms with Crippen LogP contribution in [0.15, 0.2) is 247 Å². The summed E-state index contributed by atoms with van der Waals surface area (Å²) in [5.74, 6) is 0.676. The van der Waals surface area contributed by atoms with Crippen molar-refractivity contribution in [2.24, 2.45) is 0 Å². The molecule has 0 unspecified atom stereocenters. The third kappa shape index (κ3) is 5.90. The Labute approximate surface area is 454 Å². The summed E-state index contributed by atoms with van der Waals surface area (Å²) in [6, 6.07) is 80.2. The van der Waals surface area contributed by atoms with Gasteiger partial charge in [-0.05, 0) is 75.3 Å². The maximum atomic E-state index is 17.3. The Hall–Kier alpha value is -10.4. The van der Waals surface area contributed by atoms with Gasteiger partial charge in [0.2, 0.25) is 0 Å². The Kier molecular flexibility index (Phi) is 9.13. The SMILES string of the molecule is FC(F)(F)c1cc(-c2nc(-c3ccccc3)nc(-c3ccccc3)n2)c2oc3ccccc3c2c1-n1c2ccccc2c2c3c(c4c(c5ccccc5n4-c4ccccc4)c21)-c1ccccc1C31c2ccccc2-c2ccccc21. The zero-order valence-corrected chi connectivity index (χ0v) is 42.4. The van der Waals surface area contributed by atoms with E-state index in [1.54, 1.807) is 0 Å². The first kappa shape index (κ1) is 44.7. The first-order valence-electron chi connectivity index (χ1n) is 26.7. The lowest BCUT2D eigenvalue weighted by atomic mass is 9.69. The van der Waals surface area contributed by atoms with Crippen molar-refractivity contribution in [3.05, 3.63) is 270 Å². The Balaban J connectivity index is 1.12. The first-order chi connectivity index (χ1) is 39.4. The van der Waals surface area contributed by atoms with E-state index in [1.165, 1.54) is 6.07 Å². The summed E-state index contributed by atoms with van der Waals surface area (Å²) in [6.45, 7) is 0. The van der Waals surface area contributed by atoms with Gasteiger partial charge in [0.15, 0.2) is 17.5 Å². The smallest absolute Gasteiger partial charge is 0.418 e. The van der Waals surface area contributed by atoms with Gasteiger partial charge in [-0.3, -0.25) is 0 Å². The Bertz CT molecular complexity index is 5010. The Morgan fingerprint density at radius 3 is 1.49 bits per heavy atom. The zero-order chi connectivity index (χ0) is 53.0. The van der Waals surface area contributed by atoms with Gasteiger partial charge >= 0.3 is 6.18 Å². The van der Waals surface area contributed by atoms with Crippen molar-refractivity contribution in [1.82, 2.24) is 24.1 Å². The van der Waals surface area contributed by atoms with E-state index in [2.05, 4.69) is 108 Å². The van der Waals surface area contributed by atoms with Crippen LogP contribution in [0.1, 0.15) is 27.8 Å². The number of rotatable bonds is 5. The molecule has 0 N–H and O–H groups in total. The van der Waals surface area contributed by atoms with E-state index in [0.29, 0.717) is 44.8 Å². The number of furan rings is 1. The van der Waals surface area contributed by atoms with Gasteiger partial charge in [0.1, 0.15) is 11.2 Å². The van der Waals surface area contributed by atoms with Crippen LogP contribution in [0, 0.1) is 0 Å². The lowest BCUT2D eigenvalue weighted by molar-refractivity contribution is -0.137. The van der Waals surface area contributed by atoms with Crippen molar-refractivity contribution in [3.63, 3.8) is 0 Å². The molecule has 11 aromatic carbocycles. The molecule has 9 heteroatoms. The average Bonchev–Trinajstić information content (AvgIpc) is 3.02. The molecule has 4 aromatic heterocycles. The summed E-state index contributed by atoms with van der Waals surface area (Å²) in [5, 5.41) is 4.23. The normalized spacial score (nSPS) is 13.3. The maximum Gasteiger partial charge on any atom is 0.418 e. The number of para-hydroxylation sites is 4. The molecule has 1 spiro atoms. The number of halogens is 3. The van der Waals surface area contributed by atoms with Crippen LogP contribution in [-0.4, -0.2) is 24.1 Å². The highest BCUT2D eigenvalue weighted by Crippen LogP contribution is 2.67. The minimum Gasteiger partial charge on any atom is -0.455 e. The summed E-state index contributed by atoms with van der Waals surface area (Å²) in [5.41, 5.74) is 13.1. The average molecular weight is 1040 g/mol. The van der Waals surface area contributed by atoms with E-state index in [9.17, 15) is 0 Å². The van der Waals surface area contributed by atoms with Crippen LogP contribution >= 0.6 is 0 Å². The molecule has 0 saturated heterocycles. The quantitative estimate of drug-likeness (QED) is 0.172. The molecular formula is C71H40F3N5O. The number of nitrogens with zero attached hydrogens (tertiary/aromatic N) is 5. The standard InChI is InChI=1S/C71H40F3N5O/c72-71(73,74)54-40-50(69-76-67(41-22-4-1-5-23-41)75-68(77-69)42-24-6-2-7-25-42)66-61(49-33-15-21-39-57(49)80-66)63(54)79-56-38-20-13-31-47(56)59-62-58(64-60(65(59)79)48-32-14-19-37-55(48)78(64)43-26-8-3-9-27-43)46-30-12-18-36-53(46)70(62)51-34-16-10-28-44(51)45-29-11-17-35-52(45)70/h1-40H. The molecule has 0 radical (unpaired) electrons. The fourth-order valence-corrected chi connectivity index (χ4v) is 13.8. The molecule has 15 aromatic rings. The molecule has 80 heavy (non-hydrogen) atoms. The molecule has 17 rings (SSSR count). The fraction of sp³-hybridized carbons (Fsp3) is 0.0282. The highest BCUT2D eigenvalue weighted by molar-refractivity contribution is 6.33. The number of aromatic nitrogens is 5. The summed E-state index contributed by atoms with van der Waals surface area (Å²) in [6.07, 6.45) is -4.93. The van der Waals surface area contributed by atoms with Crippen LogP contribution in [0.2, 0.25) is 0 Å². The fourth-order valence-electron chi connectivity index (χ4n) is 13.8. The maximum absolute atomic E-state index is 17.3. The van der Waals surface area contributed by atoms with Gasteiger partial charge in [-0.1, -0.05) is 206 Å². The van der Waals surface area contributed by atoms with Gasteiger partial charge in [0, 0.05) is 49.3 Å². The number of hydrogen-bond donors (Lipinski definition) is 0. The van der Waals surface area contributed by atoms with Gasteiger partial charge in [-0.15, -0.1) is 0 Å². The van der Waals surface area contributed by atoms with Crippen LogP contribution in [0.5, 0.6) is 0 Å². The van der Waals surface area contributed by atoms with E-state index >= 15 is 13.2 Å². The van der Waals surface area contributed by atoms with Gasteiger partial charge in [-0.2, -0.15) is 13.2 Å². The van der Waals surface area contributed by atoms with E-state index in [-0.39, 0.29) is 28.0 Å². The predicted octanol–water partition coefficient (Wildman–Crippen LogP) is 18.3. The van der Waals surface area contributed by atoms with E-state index in [4.69, 9.17) is 19.4 Å². The molecule has 376 valence electrons.